The van der Waals surface area contributed by atoms with Gasteiger partial charge in [-0.05, 0) is 31.2 Å². The Bertz CT molecular complexity index is 583. The van der Waals surface area contributed by atoms with E-state index in [9.17, 15) is 13.2 Å². The minimum absolute atomic E-state index is 0.0889. The molecule has 7 heteroatoms. The Hall–Kier alpha value is -1.44. The van der Waals surface area contributed by atoms with Gasteiger partial charge in [0.1, 0.15) is 0 Å². The molecule has 0 saturated carbocycles. The number of carbonyl (C=O) groups excluding carboxylic acids is 1. The van der Waals surface area contributed by atoms with Crippen LogP contribution in [-0.2, 0) is 14.8 Å². The number of benzene rings is 1. The van der Waals surface area contributed by atoms with Crippen LogP contribution in [0.4, 0.5) is 0 Å². The maximum absolute atomic E-state index is 12.5. The van der Waals surface area contributed by atoms with Crippen LogP contribution in [0.5, 0.6) is 0 Å². The Morgan fingerprint density at radius 3 is 2.55 bits per heavy atom. The molecule has 0 amide bonds. The van der Waals surface area contributed by atoms with E-state index in [-0.39, 0.29) is 10.9 Å². The minimum Gasteiger partial charge on any atom is -0.465 e. The molecule has 1 saturated heterocycles. The zero-order valence-electron chi connectivity index (χ0n) is 11.5. The number of hydrogen-bond donors (Lipinski definition) is 1. The van der Waals surface area contributed by atoms with Gasteiger partial charge in [-0.25, -0.2) is 13.2 Å². The summed E-state index contributed by atoms with van der Waals surface area (Å²) in [6.07, 6.45) is 0. The molecule has 110 valence electrons. The number of methoxy groups -OCH3 is 1. The SMILES string of the molecule is COC(=O)c1ccc(S(=O)(=O)N2CCNC[C@@H]2C)cc1. The highest BCUT2D eigenvalue weighted by Crippen LogP contribution is 2.20. The van der Waals surface area contributed by atoms with E-state index in [1.165, 1.54) is 35.7 Å². The number of piperazine rings is 1. The molecule has 1 aliphatic heterocycles. The topological polar surface area (TPSA) is 75.7 Å². The lowest BCUT2D eigenvalue weighted by molar-refractivity contribution is 0.0600. The van der Waals surface area contributed by atoms with Gasteiger partial charge in [0, 0.05) is 25.7 Å². The number of carbonyl (C=O) groups is 1. The summed E-state index contributed by atoms with van der Waals surface area (Å²) < 4.78 is 31.1. The number of ether oxygens (including phenoxy) is 1. The van der Waals surface area contributed by atoms with E-state index in [0.717, 1.165) is 0 Å². The van der Waals surface area contributed by atoms with Gasteiger partial charge in [-0.3, -0.25) is 0 Å². The van der Waals surface area contributed by atoms with Crippen molar-refractivity contribution < 1.29 is 17.9 Å². The molecular weight excluding hydrogens is 280 g/mol. The summed E-state index contributed by atoms with van der Waals surface area (Å²) in [4.78, 5) is 11.5. The maximum Gasteiger partial charge on any atom is 0.337 e. The number of nitrogens with zero attached hydrogens (tertiary/aromatic N) is 1. The van der Waals surface area contributed by atoms with Gasteiger partial charge in [0.05, 0.1) is 17.6 Å². The van der Waals surface area contributed by atoms with Gasteiger partial charge in [0.15, 0.2) is 0 Å². The first-order chi connectivity index (χ1) is 9.46. The fourth-order valence-corrected chi connectivity index (χ4v) is 3.83. The first-order valence-corrected chi connectivity index (χ1v) is 7.82. The molecule has 2 rings (SSSR count). The van der Waals surface area contributed by atoms with E-state index < -0.39 is 16.0 Å². The molecule has 1 N–H and O–H groups in total. The number of sulfonamides is 1. The minimum atomic E-state index is -3.52. The molecule has 0 aromatic heterocycles. The average Bonchev–Trinajstić information content (AvgIpc) is 2.47. The Balaban J connectivity index is 2.27. The van der Waals surface area contributed by atoms with E-state index in [2.05, 4.69) is 10.1 Å². The molecule has 0 unspecified atom stereocenters. The van der Waals surface area contributed by atoms with Crippen molar-refractivity contribution in [3.63, 3.8) is 0 Å². The third-order valence-corrected chi connectivity index (χ3v) is 5.35. The van der Waals surface area contributed by atoms with Crippen LogP contribution >= 0.6 is 0 Å². The normalized spacial score (nSPS) is 20.6. The third-order valence-electron chi connectivity index (χ3n) is 3.32. The van der Waals surface area contributed by atoms with Crippen molar-refractivity contribution in [1.29, 1.82) is 0 Å². The summed E-state index contributed by atoms with van der Waals surface area (Å²) >= 11 is 0. The van der Waals surface area contributed by atoms with E-state index in [0.29, 0.717) is 25.2 Å². The molecule has 0 radical (unpaired) electrons. The maximum atomic E-state index is 12.5. The summed E-state index contributed by atoms with van der Waals surface area (Å²) in [5, 5.41) is 3.15. The molecule has 1 aromatic carbocycles. The van der Waals surface area contributed by atoms with Crippen LogP contribution in [0.2, 0.25) is 0 Å². The zero-order valence-corrected chi connectivity index (χ0v) is 12.3. The molecule has 0 spiro atoms. The van der Waals surface area contributed by atoms with Gasteiger partial charge >= 0.3 is 5.97 Å². The highest BCUT2D eigenvalue weighted by Gasteiger charge is 2.30. The number of rotatable bonds is 3. The van der Waals surface area contributed by atoms with E-state index in [1.807, 2.05) is 6.92 Å². The van der Waals surface area contributed by atoms with Crippen LogP contribution in [0, 0.1) is 0 Å². The Morgan fingerprint density at radius 2 is 2.00 bits per heavy atom. The first-order valence-electron chi connectivity index (χ1n) is 6.38. The number of hydrogen-bond acceptors (Lipinski definition) is 5. The summed E-state index contributed by atoms with van der Waals surface area (Å²) in [5.41, 5.74) is 0.333. The summed E-state index contributed by atoms with van der Waals surface area (Å²) in [7, 11) is -2.23. The van der Waals surface area contributed by atoms with Crippen LogP contribution in [0.15, 0.2) is 29.2 Å². The van der Waals surface area contributed by atoms with E-state index in [4.69, 9.17) is 0 Å². The van der Waals surface area contributed by atoms with Gasteiger partial charge in [-0.2, -0.15) is 4.31 Å². The standard InChI is InChI=1S/C13H18N2O4S/c1-10-9-14-7-8-15(10)20(17,18)12-5-3-11(4-6-12)13(16)19-2/h3-6,10,14H,7-9H2,1-2H3/t10-/m0/s1. The lowest BCUT2D eigenvalue weighted by Crippen LogP contribution is -2.52. The van der Waals surface area contributed by atoms with E-state index in [1.54, 1.807) is 0 Å². The van der Waals surface area contributed by atoms with Gasteiger partial charge < -0.3 is 10.1 Å². The Morgan fingerprint density at radius 1 is 1.35 bits per heavy atom. The van der Waals surface area contributed by atoms with Crippen LogP contribution < -0.4 is 5.32 Å². The highest BCUT2D eigenvalue weighted by atomic mass is 32.2. The summed E-state index contributed by atoms with van der Waals surface area (Å²) in [6, 6.07) is 5.72. The third kappa shape index (κ3) is 2.84. The van der Waals surface area contributed by atoms with E-state index >= 15 is 0 Å². The second-order valence-corrected chi connectivity index (χ2v) is 6.58. The van der Waals surface area contributed by atoms with Crippen molar-refractivity contribution >= 4 is 16.0 Å². The molecule has 1 aliphatic rings. The molecule has 1 fully saturated rings. The quantitative estimate of drug-likeness (QED) is 0.820. The lowest BCUT2D eigenvalue weighted by Gasteiger charge is -2.32. The largest absolute Gasteiger partial charge is 0.465 e. The van der Waals surface area contributed by atoms with Gasteiger partial charge in [0.2, 0.25) is 10.0 Å². The van der Waals surface area contributed by atoms with Crippen molar-refractivity contribution in [1.82, 2.24) is 9.62 Å². The molecule has 20 heavy (non-hydrogen) atoms. The fraction of sp³-hybridized carbons (Fsp3) is 0.462. The summed E-state index contributed by atoms with van der Waals surface area (Å²) in [6.45, 7) is 3.60. The van der Waals surface area contributed by atoms with Crippen molar-refractivity contribution in [2.24, 2.45) is 0 Å². The number of esters is 1. The fourth-order valence-electron chi connectivity index (χ4n) is 2.20. The van der Waals surface area contributed by atoms with Crippen molar-refractivity contribution in [3.05, 3.63) is 29.8 Å². The Kier molecular flexibility index (Phi) is 4.42. The van der Waals surface area contributed by atoms with Crippen molar-refractivity contribution in [2.75, 3.05) is 26.7 Å². The monoisotopic (exact) mass is 298 g/mol. The molecular formula is C13H18N2O4S. The zero-order chi connectivity index (χ0) is 14.8. The Labute approximate surface area is 118 Å². The van der Waals surface area contributed by atoms with Crippen molar-refractivity contribution in [3.8, 4) is 0 Å². The first kappa shape index (κ1) is 15.0. The van der Waals surface area contributed by atoms with Crippen LogP contribution in [-0.4, -0.2) is 51.5 Å². The molecule has 1 aromatic rings. The molecule has 1 atom stereocenters. The van der Waals surface area contributed by atoms with Gasteiger partial charge in [0.25, 0.3) is 0 Å². The number of nitrogens with one attached hydrogen (secondary N) is 1. The molecule has 0 aliphatic carbocycles. The average molecular weight is 298 g/mol. The van der Waals surface area contributed by atoms with Crippen LogP contribution in [0.3, 0.4) is 0 Å². The van der Waals surface area contributed by atoms with Crippen LogP contribution in [0.1, 0.15) is 17.3 Å². The second kappa shape index (κ2) is 5.90. The molecule has 0 bridgehead atoms. The smallest absolute Gasteiger partial charge is 0.337 e. The van der Waals surface area contributed by atoms with Gasteiger partial charge in [-0.15, -0.1) is 0 Å². The summed E-state index contributed by atoms with van der Waals surface area (Å²) in [5.74, 6) is -0.482. The predicted octanol–water partition coefficient (Wildman–Crippen LogP) is 0.456. The second-order valence-electron chi connectivity index (χ2n) is 4.68. The van der Waals surface area contributed by atoms with Crippen LogP contribution in [0.25, 0.3) is 0 Å². The van der Waals surface area contributed by atoms with Gasteiger partial charge in [-0.1, -0.05) is 0 Å². The van der Waals surface area contributed by atoms with Crippen molar-refractivity contribution in [2.45, 2.75) is 17.9 Å². The molecule has 1 heterocycles. The molecule has 6 nitrogen and oxygen atoms in total. The lowest BCUT2D eigenvalue weighted by atomic mass is 10.2. The predicted molar refractivity (Wildman–Crippen MR) is 74.0 cm³/mol. The highest BCUT2D eigenvalue weighted by molar-refractivity contribution is 7.89.